The number of rotatable bonds is 4. The Balaban J connectivity index is 1.69. The van der Waals surface area contributed by atoms with Gasteiger partial charge in [-0.05, 0) is 18.8 Å². The van der Waals surface area contributed by atoms with Gasteiger partial charge >= 0.3 is 6.03 Å². The van der Waals surface area contributed by atoms with Gasteiger partial charge in [-0.25, -0.2) is 9.78 Å². The number of aromatic amines is 1. The van der Waals surface area contributed by atoms with Crippen LogP contribution >= 0.6 is 11.8 Å². The number of imide groups is 1. The molecule has 1 heterocycles. The average Bonchev–Trinajstić information content (AvgIpc) is 2.92. The van der Waals surface area contributed by atoms with Crippen molar-refractivity contribution in [3.63, 3.8) is 0 Å². The quantitative estimate of drug-likeness (QED) is 0.727. The van der Waals surface area contributed by atoms with E-state index >= 15 is 0 Å². The summed E-state index contributed by atoms with van der Waals surface area (Å²) < 4.78 is 0. The molecule has 0 aromatic carbocycles. The highest BCUT2D eigenvalue weighted by molar-refractivity contribution is 7.99. The molecule has 1 aliphatic rings. The van der Waals surface area contributed by atoms with Crippen LogP contribution in [0.4, 0.5) is 4.79 Å². The minimum absolute atomic E-state index is 0.128. The second-order valence-corrected chi connectivity index (χ2v) is 5.93. The van der Waals surface area contributed by atoms with E-state index in [4.69, 9.17) is 0 Å². The Bertz CT molecular complexity index is 451. The fourth-order valence-electron chi connectivity index (χ4n) is 2.30. The van der Waals surface area contributed by atoms with Crippen LogP contribution in [0.25, 0.3) is 0 Å². The Hall–Kier alpha value is -1.57. The van der Waals surface area contributed by atoms with Crippen LogP contribution in [0.5, 0.6) is 0 Å². The summed E-state index contributed by atoms with van der Waals surface area (Å²) in [5, 5.41) is 12.1. The molecule has 1 aromatic heterocycles. The lowest BCUT2D eigenvalue weighted by molar-refractivity contribution is -0.117. The first-order chi connectivity index (χ1) is 9.65. The molecular formula is C12H19N5O2S. The summed E-state index contributed by atoms with van der Waals surface area (Å²) in [6, 6.07) is -0.245. The van der Waals surface area contributed by atoms with Gasteiger partial charge in [0.25, 0.3) is 0 Å². The Morgan fingerprint density at radius 3 is 2.95 bits per heavy atom. The van der Waals surface area contributed by atoms with Crippen LogP contribution in [-0.2, 0) is 4.79 Å². The van der Waals surface area contributed by atoms with E-state index in [1.165, 1.54) is 24.5 Å². The molecule has 2 rings (SSSR count). The average molecular weight is 297 g/mol. The minimum Gasteiger partial charge on any atom is -0.335 e. The number of H-pyrrole nitrogens is 1. The summed E-state index contributed by atoms with van der Waals surface area (Å²) in [5.74, 6) is 0.253. The van der Waals surface area contributed by atoms with Crippen molar-refractivity contribution in [3.8, 4) is 0 Å². The van der Waals surface area contributed by atoms with E-state index in [9.17, 15) is 9.59 Å². The molecule has 0 aliphatic heterocycles. The fourth-order valence-corrected chi connectivity index (χ4v) is 2.87. The van der Waals surface area contributed by atoms with Crippen molar-refractivity contribution >= 4 is 23.7 Å². The van der Waals surface area contributed by atoms with E-state index in [1.54, 1.807) is 0 Å². The van der Waals surface area contributed by atoms with Crippen LogP contribution in [-0.4, -0.2) is 38.9 Å². The third kappa shape index (κ3) is 4.52. The van der Waals surface area contributed by atoms with E-state index in [2.05, 4.69) is 32.7 Å². The predicted molar refractivity (Wildman–Crippen MR) is 75.2 cm³/mol. The van der Waals surface area contributed by atoms with Gasteiger partial charge in [0.1, 0.15) is 6.33 Å². The molecule has 0 saturated heterocycles. The molecule has 0 unspecified atom stereocenters. The lowest BCUT2D eigenvalue weighted by atomic mass is 9.86. The summed E-state index contributed by atoms with van der Waals surface area (Å²) in [6.07, 6.45) is 5.82. The van der Waals surface area contributed by atoms with Crippen molar-refractivity contribution in [1.82, 2.24) is 25.8 Å². The lowest BCUT2D eigenvalue weighted by Gasteiger charge is -2.29. The van der Waals surface area contributed by atoms with Crippen molar-refractivity contribution < 1.29 is 9.59 Å². The minimum atomic E-state index is -0.410. The zero-order chi connectivity index (χ0) is 14.4. The van der Waals surface area contributed by atoms with E-state index in [-0.39, 0.29) is 17.7 Å². The summed E-state index contributed by atoms with van der Waals surface area (Å²) in [5.41, 5.74) is 0. The van der Waals surface area contributed by atoms with Crippen molar-refractivity contribution in [2.75, 3.05) is 5.75 Å². The molecule has 1 aromatic rings. The smallest absolute Gasteiger partial charge is 0.321 e. The zero-order valence-electron chi connectivity index (χ0n) is 11.4. The molecular weight excluding hydrogens is 278 g/mol. The summed E-state index contributed by atoms with van der Waals surface area (Å²) in [7, 11) is 0. The van der Waals surface area contributed by atoms with E-state index in [1.807, 2.05) is 0 Å². The Labute approximate surface area is 121 Å². The normalized spacial score (nSPS) is 22.2. The second kappa shape index (κ2) is 7.28. The van der Waals surface area contributed by atoms with Crippen molar-refractivity contribution in [2.24, 2.45) is 5.92 Å². The van der Waals surface area contributed by atoms with Crippen LogP contribution in [0.2, 0.25) is 0 Å². The van der Waals surface area contributed by atoms with E-state index in [0.717, 1.165) is 19.3 Å². The third-order valence-electron chi connectivity index (χ3n) is 3.41. The van der Waals surface area contributed by atoms with Crippen LogP contribution in [0, 0.1) is 5.92 Å². The van der Waals surface area contributed by atoms with E-state index in [0.29, 0.717) is 11.1 Å². The summed E-state index contributed by atoms with van der Waals surface area (Å²) in [4.78, 5) is 27.2. The molecule has 8 heteroatoms. The maximum absolute atomic E-state index is 11.7. The fraction of sp³-hybridized carbons (Fsp3) is 0.667. The number of aromatic nitrogens is 3. The predicted octanol–water partition coefficient (Wildman–Crippen LogP) is 1.30. The Morgan fingerprint density at radius 2 is 2.25 bits per heavy atom. The standard InChI is InChI=1S/C12H19N5O2S/c1-8-4-2-3-5-9(8)15-11(19)16-10(18)6-20-12-13-7-14-17-12/h7-9H,2-6H2,1H3,(H,13,14,17)(H2,15,16,18,19)/t8-,9+/m0/s1. The lowest BCUT2D eigenvalue weighted by Crippen LogP contribution is -2.48. The van der Waals surface area contributed by atoms with Crippen LogP contribution in [0.1, 0.15) is 32.6 Å². The number of urea groups is 1. The largest absolute Gasteiger partial charge is 0.335 e. The Kier molecular flexibility index (Phi) is 5.40. The second-order valence-electron chi connectivity index (χ2n) is 4.97. The molecule has 110 valence electrons. The zero-order valence-corrected chi connectivity index (χ0v) is 12.2. The molecule has 3 N–H and O–H groups in total. The number of nitrogens with zero attached hydrogens (tertiary/aromatic N) is 2. The molecule has 0 radical (unpaired) electrons. The molecule has 1 aliphatic carbocycles. The molecule has 1 fully saturated rings. The SMILES string of the molecule is C[C@H]1CCCC[C@H]1NC(=O)NC(=O)CSc1ncn[nH]1. The maximum atomic E-state index is 11.7. The molecule has 3 amide bonds. The highest BCUT2D eigenvalue weighted by atomic mass is 32.2. The number of thioether (sulfide) groups is 1. The number of hydrogen-bond donors (Lipinski definition) is 3. The van der Waals surface area contributed by atoms with Crippen molar-refractivity contribution in [1.29, 1.82) is 0 Å². The third-order valence-corrected chi connectivity index (χ3v) is 4.29. The summed E-state index contributed by atoms with van der Waals surface area (Å²) in [6.45, 7) is 2.13. The highest BCUT2D eigenvalue weighted by Crippen LogP contribution is 2.23. The monoisotopic (exact) mass is 297 g/mol. The first kappa shape index (κ1) is 14.8. The van der Waals surface area contributed by atoms with Gasteiger partial charge in [-0.2, -0.15) is 5.10 Å². The Morgan fingerprint density at radius 1 is 1.45 bits per heavy atom. The van der Waals surface area contributed by atoms with Gasteiger partial charge in [0.05, 0.1) is 5.75 Å². The maximum Gasteiger partial charge on any atom is 0.321 e. The first-order valence-electron chi connectivity index (χ1n) is 6.73. The number of carbonyl (C=O) groups excluding carboxylic acids is 2. The molecule has 2 atom stereocenters. The summed E-state index contributed by atoms with van der Waals surface area (Å²) >= 11 is 1.20. The van der Waals surface area contributed by atoms with E-state index < -0.39 is 6.03 Å². The van der Waals surface area contributed by atoms with Crippen LogP contribution < -0.4 is 10.6 Å². The van der Waals surface area contributed by atoms with Gasteiger partial charge in [0, 0.05) is 6.04 Å². The van der Waals surface area contributed by atoms with Crippen molar-refractivity contribution in [3.05, 3.63) is 6.33 Å². The number of nitrogens with one attached hydrogen (secondary N) is 3. The van der Waals surface area contributed by atoms with Gasteiger partial charge < -0.3 is 5.32 Å². The van der Waals surface area contributed by atoms with Gasteiger partial charge in [0.15, 0.2) is 5.16 Å². The topological polar surface area (TPSA) is 99.8 Å². The van der Waals surface area contributed by atoms with Gasteiger partial charge in [-0.1, -0.05) is 31.5 Å². The molecule has 0 bridgehead atoms. The first-order valence-corrected chi connectivity index (χ1v) is 7.72. The van der Waals surface area contributed by atoms with Crippen LogP contribution in [0.3, 0.4) is 0 Å². The molecule has 0 spiro atoms. The highest BCUT2D eigenvalue weighted by Gasteiger charge is 2.23. The van der Waals surface area contributed by atoms with Crippen LogP contribution in [0.15, 0.2) is 11.5 Å². The number of hydrogen-bond acceptors (Lipinski definition) is 5. The molecule has 20 heavy (non-hydrogen) atoms. The van der Waals surface area contributed by atoms with Gasteiger partial charge in [-0.15, -0.1) is 0 Å². The van der Waals surface area contributed by atoms with Gasteiger partial charge in [0.2, 0.25) is 5.91 Å². The number of amides is 3. The number of carbonyl (C=O) groups is 2. The molecule has 1 saturated carbocycles. The van der Waals surface area contributed by atoms with Gasteiger partial charge in [-0.3, -0.25) is 15.2 Å². The molecule has 7 nitrogen and oxygen atoms in total. The van der Waals surface area contributed by atoms with Crippen molar-refractivity contribution in [2.45, 2.75) is 43.8 Å².